The van der Waals surface area contributed by atoms with Crippen molar-refractivity contribution in [3.8, 4) is 0 Å². The summed E-state index contributed by atoms with van der Waals surface area (Å²) in [7, 11) is 0. The maximum absolute atomic E-state index is 4.72. The highest BCUT2D eigenvalue weighted by Gasteiger charge is 2.16. The maximum atomic E-state index is 4.72. The Balaban J connectivity index is 1.74. The quantitative estimate of drug-likeness (QED) is 0.840. The van der Waals surface area contributed by atoms with Crippen LogP contribution in [0.2, 0.25) is 0 Å². The van der Waals surface area contributed by atoms with Crippen molar-refractivity contribution < 1.29 is 0 Å². The smallest absolute Gasteiger partial charge is 0.111 e. The van der Waals surface area contributed by atoms with Gasteiger partial charge in [-0.1, -0.05) is 24.3 Å². The zero-order chi connectivity index (χ0) is 12.4. The number of fused-ring (bicyclic) bond motifs is 1. The van der Waals surface area contributed by atoms with Crippen molar-refractivity contribution >= 4 is 21.6 Å². The van der Waals surface area contributed by atoms with Gasteiger partial charge in [0.05, 0.1) is 16.3 Å². The fraction of sp³-hybridized carbons (Fsp3) is 0.400. The fourth-order valence-corrected chi connectivity index (χ4v) is 3.42. The number of allylic oxidation sites excluding steroid dienone is 1. The first-order chi connectivity index (χ1) is 8.83. The van der Waals surface area contributed by atoms with Crippen molar-refractivity contribution in [1.82, 2.24) is 10.3 Å². The highest BCUT2D eigenvalue weighted by molar-refractivity contribution is 7.18. The maximum Gasteiger partial charge on any atom is 0.111 e. The number of aromatic nitrogens is 1. The van der Waals surface area contributed by atoms with Crippen LogP contribution in [0.1, 0.15) is 37.2 Å². The second-order valence-corrected chi connectivity index (χ2v) is 5.95. The number of rotatable bonds is 3. The van der Waals surface area contributed by atoms with Crippen LogP contribution in [0.4, 0.5) is 0 Å². The molecule has 0 saturated carbocycles. The Labute approximate surface area is 112 Å². The second kappa shape index (κ2) is 5.21. The van der Waals surface area contributed by atoms with Gasteiger partial charge in [0.25, 0.3) is 0 Å². The molecule has 0 saturated heterocycles. The first kappa shape index (κ1) is 11.9. The molecule has 1 aliphatic rings. The van der Waals surface area contributed by atoms with Crippen LogP contribution in [0, 0.1) is 0 Å². The van der Waals surface area contributed by atoms with E-state index in [4.69, 9.17) is 4.98 Å². The van der Waals surface area contributed by atoms with Crippen molar-refractivity contribution in [1.29, 1.82) is 0 Å². The molecule has 2 unspecified atom stereocenters. The fourth-order valence-electron chi connectivity index (χ4n) is 2.45. The molecule has 1 N–H and O–H groups in total. The normalized spacial score (nSPS) is 21.3. The summed E-state index contributed by atoms with van der Waals surface area (Å²) in [5.41, 5.74) is 1.12. The molecule has 0 fully saturated rings. The molecule has 94 valence electrons. The van der Waals surface area contributed by atoms with Crippen LogP contribution in [-0.4, -0.2) is 11.0 Å². The molecule has 3 rings (SSSR count). The molecule has 1 aliphatic carbocycles. The summed E-state index contributed by atoms with van der Waals surface area (Å²) in [6.07, 6.45) is 8.15. The molecule has 0 aliphatic heterocycles. The number of thiazole rings is 1. The summed E-state index contributed by atoms with van der Waals surface area (Å²) in [5, 5.41) is 4.89. The monoisotopic (exact) mass is 258 g/mol. The third kappa shape index (κ3) is 2.47. The van der Waals surface area contributed by atoms with Crippen molar-refractivity contribution in [2.45, 2.75) is 38.3 Å². The summed E-state index contributed by atoms with van der Waals surface area (Å²) in [6, 6.07) is 9.32. The van der Waals surface area contributed by atoms with E-state index in [1.807, 2.05) is 0 Å². The zero-order valence-corrected chi connectivity index (χ0v) is 11.4. The molecule has 0 radical (unpaired) electrons. The van der Waals surface area contributed by atoms with Gasteiger partial charge in [0, 0.05) is 6.04 Å². The highest BCUT2D eigenvalue weighted by Crippen LogP contribution is 2.27. The number of hydrogen-bond donors (Lipinski definition) is 1. The van der Waals surface area contributed by atoms with Crippen LogP contribution in [0.5, 0.6) is 0 Å². The van der Waals surface area contributed by atoms with Gasteiger partial charge in [-0.2, -0.15) is 0 Å². The summed E-state index contributed by atoms with van der Waals surface area (Å²) < 4.78 is 1.28. The topological polar surface area (TPSA) is 24.9 Å². The van der Waals surface area contributed by atoms with E-state index in [1.54, 1.807) is 11.3 Å². The van der Waals surface area contributed by atoms with E-state index in [0.717, 1.165) is 11.9 Å². The number of nitrogens with zero attached hydrogens (tertiary/aromatic N) is 1. The Bertz CT molecular complexity index is 525. The van der Waals surface area contributed by atoms with Crippen molar-refractivity contribution in [3.05, 3.63) is 41.4 Å². The number of para-hydroxylation sites is 1. The number of hydrogen-bond acceptors (Lipinski definition) is 3. The molecule has 0 spiro atoms. The van der Waals surface area contributed by atoms with Crippen LogP contribution in [0.15, 0.2) is 36.4 Å². The summed E-state index contributed by atoms with van der Waals surface area (Å²) in [4.78, 5) is 4.72. The Hall–Kier alpha value is -1.19. The van der Waals surface area contributed by atoms with Crippen LogP contribution < -0.4 is 5.32 Å². The molecule has 1 aromatic heterocycles. The van der Waals surface area contributed by atoms with E-state index in [9.17, 15) is 0 Å². The van der Waals surface area contributed by atoms with E-state index in [-0.39, 0.29) is 0 Å². The van der Waals surface area contributed by atoms with Crippen LogP contribution in [-0.2, 0) is 0 Å². The lowest BCUT2D eigenvalue weighted by Gasteiger charge is -2.22. The lowest BCUT2D eigenvalue weighted by Crippen LogP contribution is -2.32. The molecule has 2 atom stereocenters. The van der Waals surface area contributed by atoms with Gasteiger partial charge < -0.3 is 5.32 Å². The average Bonchev–Trinajstić information content (AvgIpc) is 2.84. The summed E-state index contributed by atoms with van der Waals surface area (Å²) in [6.45, 7) is 2.22. The lowest BCUT2D eigenvalue weighted by atomic mass is 10.0. The second-order valence-electron chi connectivity index (χ2n) is 4.89. The van der Waals surface area contributed by atoms with Gasteiger partial charge in [0.2, 0.25) is 0 Å². The van der Waals surface area contributed by atoms with Crippen molar-refractivity contribution in [2.75, 3.05) is 0 Å². The average molecular weight is 258 g/mol. The molecular formula is C15H18N2S. The van der Waals surface area contributed by atoms with Gasteiger partial charge in [0.15, 0.2) is 0 Å². The predicted octanol–water partition coefficient (Wildman–Crippen LogP) is 4.06. The van der Waals surface area contributed by atoms with E-state index in [1.165, 1.54) is 22.5 Å². The molecular weight excluding hydrogens is 240 g/mol. The Morgan fingerprint density at radius 3 is 3.00 bits per heavy atom. The molecule has 0 amide bonds. The SMILES string of the molecule is CC(NC1CC=CCC1)c1nc2ccccc2s1. The molecule has 2 nitrogen and oxygen atoms in total. The van der Waals surface area contributed by atoms with Gasteiger partial charge in [-0.25, -0.2) is 4.98 Å². The molecule has 1 aromatic carbocycles. The number of benzene rings is 1. The minimum atomic E-state index is 0.346. The molecule has 1 heterocycles. The van der Waals surface area contributed by atoms with Gasteiger partial charge in [-0.3, -0.25) is 0 Å². The molecule has 2 aromatic rings. The Morgan fingerprint density at radius 2 is 2.22 bits per heavy atom. The van der Waals surface area contributed by atoms with E-state index in [0.29, 0.717) is 12.1 Å². The van der Waals surface area contributed by atoms with Gasteiger partial charge >= 0.3 is 0 Å². The van der Waals surface area contributed by atoms with Gasteiger partial charge in [-0.05, 0) is 38.3 Å². The molecule has 18 heavy (non-hydrogen) atoms. The predicted molar refractivity (Wildman–Crippen MR) is 77.9 cm³/mol. The summed E-state index contributed by atoms with van der Waals surface area (Å²) in [5.74, 6) is 0. The highest BCUT2D eigenvalue weighted by atomic mass is 32.1. The third-order valence-electron chi connectivity index (χ3n) is 3.44. The standard InChI is InChI=1S/C15H18N2S/c1-11(16-12-7-3-2-4-8-12)15-17-13-9-5-6-10-14(13)18-15/h2-3,5-6,9-12,16H,4,7-8H2,1H3. The largest absolute Gasteiger partial charge is 0.305 e. The third-order valence-corrected chi connectivity index (χ3v) is 4.65. The number of nitrogens with one attached hydrogen (secondary N) is 1. The van der Waals surface area contributed by atoms with Crippen LogP contribution in [0.3, 0.4) is 0 Å². The lowest BCUT2D eigenvalue weighted by molar-refractivity contribution is 0.425. The molecule has 0 bridgehead atoms. The summed E-state index contributed by atoms with van der Waals surface area (Å²) >= 11 is 1.80. The van der Waals surface area contributed by atoms with Gasteiger partial charge in [-0.15, -0.1) is 11.3 Å². The van der Waals surface area contributed by atoms with E-state index >= 15 is 0 Å². The van der Waals surface area contributed by atoms with E-state index in [2.05, 4.69) is 48.7 Å². The van der Waals surface area contributed by atoms with Crippen LogP contribution in [0.25, 0.3) is 10.2 Å². The Kier molecular flexibility index (Phi) is 3.43. The van der Waals surface area contributed by atoms with Gasteiger partial charge in [0.1, 0.15) is 5.01 Å². The minimum Gasteiger partial charge on any atom is -0.305 e. The Morgan fingerprint density at radius 1 is 1.33 bits per heavy atom. The first-order valence-electron chi connectivity index (χ1n) is 6.59. The van der Waals surface area contributed by atoms with E-state index < -0.39 is 0 Å². The van der Waals surface area contributed by atoms with Crippen LogP contribution >= 0.6 is 11.3 Å². The minimum absolute atomic E-state index is 0.346. The first-order valence-corrected chi connectivity index (χ1v) is 7.41. The molecule has 3 heteroatoms. The van der Waals surface area contributed by atoms with Crippen molar-refractivity contribution in [3.63, 3.8) is 0 Å². The van der Waals surface area contributed by atoms with Crippen molar-refractivity contribution in [2.24, 2.45) is 0 Å². The zero-order valence-electron chi connectivity index (χ0n) is 10.6.